The number of hydrogen-bond donors (Lipinski definition) is 1. The van der Waals surface area contributed by atoms with Crippen molar-refractivity contribution in [2.75, 3.05) is 11.9 Å². The molecule has 1 N–H and O–H groups in total. The Morgan fingerprint density at radius 1 is 1.24 bits per heavy atom. The van der Waals surface area contributed by atoms with Crippen LogP contribution >= 0.6 is 0 Å². The second-order valence-electron chi connectivity index (χ2n) is 4.34. The molecular weight excluding hydrogens is 271 g/mol. The molecule has 3 rings (SSSR count). The maximum absolute atomic E-state index is 13.7. The van der Waals surface area contributed by atoms with Crippen LogP contribution in [0.5, 0.6) is 11.6 Å². The van der Waals surface area contributed by atoms with Crippen molar-refractivity contribution in [3.8, 4) is 11.6 Å². The lowest BCUT2D eigenvalue weighted by Crippen LogP contribution is -2.04. The van der Waals surface area contributed by atoms with Crippen LogP contribution in [0.1, 0.15) is 6.92 Å². The molecule has 0 aliphatic rings. The second kappa shape index (κ2) is 5.70. The van der Waals surface area contributed by atoms with Gasteiger partial charge in [0.1, 0.15) is 5.75 Å². The van der Waals surface area contributed by atoms with Crippen LogP contribution in [0.25, 0.3) is 10.9 Å². The third-order valence-corrected chi connectivity index (χ3v) is 2.84. The first-order valence-corrected chi connectivity index (χ1v) is 6.55. The van der Waals surface area contributed by atoms with Gasteiger partial charge in [-0.25, -0.2) is 4.98 Å². The normalized spacial score (nSPS) is 10.6. The van der Waals surface area contributed by atoms with Crippen molar-refractivity contribution in [1.29, 1.82) is 0 Å². The molecule has 2 heterocycles. The lowest BCUT2D eigenvalue weighted by Gasteiger charge is -2.08. The molecule has 0 radical (unpaired) electrons. The number of anilines is 1. The van der Waals surface area contributed by atoms with Crippen molar-refractivity contribution in [3.63, 3.8) is 0 Å². The van der Waals surface area contributed by atoms with Gasteiger partial charge in [-0.2, -0.15) is 9.37 Å². The third kappa shape index (κ3) is 2.89. The van der Waals surface area contributed by atoms with Crippen molar-refractivity contribution in [1.82, 2.24) is 15.0 Å². The summed E-state index contributed by atoms with van der Waals surface area (Å²) in [7, 11) is 0. The van der Waals surface area contributed by atoms with Gasteiger partial charge in [-0.3, -0.25) is 4.98 Å². The topological polar surface area (TPSA) is 59.9 Å². The van der Waals surface area contributed by atoms with Gasteiger partial charge >= 0.3 is 0 Å². The molecule has 3 aromatic rings. The van der Waals surface area contributed by atoms with Crippen LogP contribution in [0, 0.1) is 5.82 Å². The highest BCUT2D eigenvalue weighted by molar-refractivity contribution is 5.79. The Morgan fingerprint density at radius 3 is 3.00 bits per heavy atom. The standard InChI is InChI=1S/C15H13FN4O/c1-2-17-15-19-9-12(16)14(20-15)21-11-6-5-10-4-3-7-18-13(10)8-11/h3-9H,2H2,1H3,(H,17,19,20). The van der Waals surface area contributed by atoms with Gasteiger partial charge in [-0.05, 0) is 25.1 Å². The van der Waals surface area contributed by atoms with Gasteiger partial charge < -0.3 is 10.1 Å². The third-order valence-electron chi connectivity index (χ3n) is 2.84. The maximum Gasteiger partial charge on any atom is 0.260 e. The highest BCUT2D eigenvalue weighted by Gasteiger charge is 2.09. The van der Waals surface area contributed by atoms with Gasteiger partial charge in [-0.1, -0.05) is 6.07 Å². The first kappa shape index (κ1) is 13.2. The average molecular weight is 284 g/mol. The van der Waals surface area contributed by atoms with E-state index >= 15 is 0 Å². The van der Waals surface area contributed by atoms with E-state index in [1.54, 1.807) is 18.3 Å². The molecule has 0 bridgehead atoms. The van der Waals surface area contributed by atoms with Gasteiger partial charge in [0.25, 0.3) is 5.88 Å². The van der Waals surface area contributed by atoms with E-state index < -0.39 is 5.82 Å². The van der Waals surface area contributed by atoms with Gasteiger partial charge in [-0.15, -0.1) is 0 Å². The number of halogens is 1. The lowest BCUT2D eigenvalue weighted by molar-refractivity contribution is 0.421. The van der Waals surface area contributed by atoms with E-state index in [2.05, 4.69) is 20.3 Å². The van der Waals surface area contributed by atoms with Crippen molar-refractivity contribution >= 4 is 16.9 Å². The van der Waals surface area contributed by atoms with E-state index in [0.717, 1.165) is 17.1 Å². The Hall–Kier alpha value is -2.76. The largest absolute Gasteiger partial charge is 0.436 e. The van der Waals surface area contributed by atoms with Crippen LogP contribution in [0.2, 0.25) is 0 Å². The van der Waals surface area contributed by atoms with E-state index in [-0.39, 0.29) is 5.88 Å². The average Bonchev–Trinajstić information content (AvgIpc) is 2.51. The number of ether oxygens (including phenoxy) is 1. The zero-order valence-electron chi connectivity index (χ0n) is 11.4. The lowest BCUT2D eigenvalue weighted by atomic mass is 10.2. The number of nitrogens with one attached hydrogen (secondary N) is 1. The number of pyridine rings is 1. The Morgan fingerprint density at radius 2 is 2.14 bits per heavy atom. The van der Waals surface area contributed by atoms with E-state index in [1.807, 2.05) is 25.1 Å². The molecule has 0 saturated heterocycles. The molecule has 0 saturated carbocycles. The van der Waals surface area contributed by atoms with Gasteiger partial charge in [0.05, 0.1) is 11.7 Å². The van der Waals surface area contributed by atoms with Crippen LogP contribution in [0.4, 0.5) is 10.3 Å². The molecule has 0 amide bonds. The van der Waals surface area contributed by atoms with E-state index in [9.17, 15) is 4.39 Å². The molecule has 0 fully saturated rings. The fraction of sp³-hybridized carbons (Fsp3) is 0.133. The maximum atomic E-state index is 13.7. The zero-order chi connectivity index (χ0) is 14.7. The molecule has 0 aliphatic carbocycles. The van der Waals surface area contributed by atoms with Crippen molar-refractivity contribution in [2.24, 2.45) is 0 Å². The molecule has 6 heteroatoms. The Bertz CT molecular complexity index is 778. The highest BCUT2D eigenvalue weighted by atomic mass is 19.1. The number of nitrogens with zero attached hydrogens (tertiary/aromatic N) is 3. The molecule has 0 unspecified atom stereocenters. The van der Waals surface area contributed by atoms with Crippen molar-refractivity contribution < 1.29 is 9.13 Å². The Balaban J connectivity index is 1.92. The molecule has 0 aliphatic heterocycles. The van der Waals surface area contributed by atoms with Crippen molar-refractivity contribution in [2.45, 2.75) is 6.92 Å². The summed E-state index contributed by atoms with van der Waals surface area (Å²) in [4.78, 5) is 12.1. The van der Waals surface area contributed by atoms with Gasteiger partial charge in [0.2, 0.25) is 11.8 Å². The summed E-state index contributed by atoms with van der Waals surface area (Å²) in [6.45, 7) is 2.55. The van der Waals surface area contributed by atoms with E-state index in [1.165, 1.54) is 0 Å². The molecule has 1 aromatic carbocycles. The van der Waals surface area contributed by atoms with E-state index in [0.29, 0.717) is 18.2 Å². The Labute approximate surface area is 120 Å². The Kier molecular flexibility index (Phi) is 3.59. The summed E-state index contributed by atoms with van der Waals surface area (Å²) in [5, 5.41) is 3.90. The summed E-state index contributed by atoms with van der Waals surface area (Å²) in [6.07, 6.45) is 2.78. The first-order chi connectivity index (χ1) is 10.3. The summed E-state index contributed by atoms with van der Waals surface area (Å²) in [6, 6.07) is 9.15. The van der Waals surface area contributed by atoms with E-state index in [4.69, 9.17) is 4.74 Å². The number of hydrogen-bond acceptors (Lipinski definition) is 5. The van der Waals surface area contributed by atoms with Gasteiger partial charge in [0, 0.05) is 24.2 Å². The number of rotatable bonds is 4. The minimum Gasteiger partial charge on any atom is -0.436 e. The fourth-order valence-electron chi connectivity index (χ4n) is 1.89. The predicted molar refractivity (Wildman–Crippen MR) is 78.0 cm³/mol. The number of aromatic nitrogens is 3. The monoisotopic (exact) mass is 284 g/mol. The molecule has 106 valence electrons. The van der Waals surface area contributed by atoms with Crippen molar-refractivity contribution in [3.05, 3.63) is 48.5 Å². The van der Waals surface area contributed by atoms with Crippen LogP contribution < -0.4 is 10.1 Å². The molecule has 0 atom stereocenters. The molecule has 21 heavy (non-hydrogen) atoms. The molecular formula is C15H13FN4O. The minimum absolute atomic E-state index is 0.115. The van der Waals surface area contributed by atoms with Crippen LogP contribution in [0.15, 0.2) is 42.7 Å². The molecule has 5 nitrogen and oxygen atoms in total. The predicted octanol–water partition coefficient (Wildman–Crippen LogP) is 3.39. The number of fused-ring (bicyclic) bond motifs is 1. The second-order valence-corrected chi connectivity index (χ2v) is 4.34. The SMILES string of the molecule is CCNc1ncc(F)c(Oc2ccc3cccnc3c2)n1. The summed E-state index contributed by atoms with van der Waals surface area (Å²) < 4.78 is 19.2. The summed E-state index contributed by atoms with van der Waals surface area (Å²) >= 11 is 0. The zero-order valence-corrected chi connectivity index (χ0v) is 11.4. The van der Waals surface area contributed by atoms with Crippen LogP contribution in [-0.2, 0) is 0 Å². The fourth-order valence-corrected chi connectivity index (χ4v) is 1.89. The number of benzene rings is 1. The smallest absolute Gasteiger partial charge is 0.260 e. The summed E-state index contributed by atoms with van der Waals surface area (Å²) in [5.41, 5.74) is 0.774. The molecule has 0 spiro atoms. The summed E-state index contributed by atoms with van der Waals surface area (Å²) in [5.74, 6) is 0.0723. The minimum atomic E-state index is -0.613. The highest BCUT2D eigenvalue weighted by Crippen LogP contribution is 2.25. The van der Waals surface area contributed by atoms with Crippen LogP contribution in [0.3, 0.4) is 0 Å². The van der Waals surface area contributed by atoms with Crippen LogP contribution in [-0.4, -0.2) is 21.5 Å². The molecule has 2 aromatic heterocycles. The van der Waals surface area contributed by atoms with Gasteiger partial charge in [0.15, 0.2) is 0 Å². The quantitative estimate of drug-likeness (QED) is 0.795. The first-order valence-electron chi connectivity index (χ1n) is 6.55.